The minimum Gasteiger partial charge on any atom is -0.487 e. The minimum absolute atomic E-state index is 0.187. The molecule has 0 radical (unpaired) electrons. The van der Waals surface area contributed by atoms with E-state index in [1.54, 1.807) is 18.2 Å². The number of carbonyl (C=O) groups is 1. The fourth-order valence-corrected chi connectivity index (χ4v) is 4.04. The van der Waals surface area contributed by atoms with Crippen LogP contribution in [0.1, 0.15) is 26.6 Å². The first-order chi connectivity index (χ1) is 15.8. The summed E-state index contributed by atoms with van der Waals surface area (Å²) in [6.45, 7) is 4.06. The minimum atomic E-state index is -4.62. The maximum Gasteiger partial charge on any atom is 0.418 e. The van der Waals surface area contributed by atoms with Gasteiger partial charge < -0.3 is 19.7 Å². The van der Waals surface area contributed by atoms with Crippen molar-refractivity contribution in [1.82, 2.24) is 4.98 Å². The third-order valence-corrected chi connectivity index (χ3v) is 5.90. The van der Waals surface area contributed by atoms with E-state index in [4.69, 9.17) is 9.47 Å². The topological polar surface area (TPSA) is 63.7 Å². The molecule has 2 aromatic carbocycles. The normalized spacial score (nSPS) is 14.2. The first-order valence-electron chi connectivity index (χ1n) is 10.3. The molecule has 1 amide bonds. The smallest absolute Gasteiger partial charge is 0.418 e. The summed E-state index contributed by atoms with van der Waals surface area (Å²) >= 11 is 1.51. The van der Waals surface area contributed by atoms with E-state index in [-0.39, 0.29) is 17.9 Å². The molecule has 174 valence electrons. The van der Waals surface area contributed by atoms with Crippen molar-refractivity contribution in [3.05, 3.63) is 69.7 Å². The molecule has 2 heterocycles. The summed E-state index contributed by atoms with van der Waals surface area (Å²) in [5.74, 6) is -0.235. The molecule has 1 N–H and O–H groups in total. The van der Waals surface area contributed by atoms with Crippen molar-refractivity contribution < 1.29 is 27.4 Å². The molecule has 1 aromatic heterocycles. The van der Waals surface area contributed by atoms with Gasteiger partial charge in [-0.1, -0.05) is 6.07 Å². The van der Waals surface area contributed by atoms with Crippen LogP contribution in [0.5, 0.6) is 5.75 Å². The summed E-state index contributed by atoms with van der Waals surface area (Å²) in [7, 11) is 0. The van der Waals surface area contributed by atoms with Gasteiger partial charge in [-0.2, -0.15) is 13.2 Å². The van der Waals surface area contributed by atoms with Gasteiger partial charge in [0.2, 0.25) is 0 Å². The lowest BCUT2D eigenvalue weighted by atomic mass is 10.1. The second kappa shape index (κ2) is 9.80. The van der Waals surface area contributed by atoms with Crippen LogP contribution in [0.2, 0.25) is 0 Å². The van der Waals surface area contributed by atoms with Crippen molar-refractivity contribution >= 4 is 28.6 Å². The number of amides is 1. The van der Waals surface area contributed by atoms with Gasteiger partial charge in [0, 0.05) is 29.7 Å². The van der Waals surface area contributed by atoms with E-state index in [0.717, 1.165) is 16.8 Å². The third kappa shape index (κ3) is 5.82. The lowest BCUT2D eigenvalue weighted by molar-refractivity contribution is -0.136. The lowest BCUT2D eigenvalue weighted by Gasteiger charge is -2.29. The van der Waals surface area contributed by atoms with Crippen molar-refractivity contribution in [2.45, 2.75) is 19.7 Å². The summed E-state index contributed by atoms with van der Waals surface area (Å²) in [6, 6.07) is 10.2. The third-order valence-electron chi connectivity index (χ3n) is 5.08. The predicted molar refractivity (Wildman–Crippen MR) is 120 cm³/mol. The van der Waals surface area contributed by atoms with E-state index in [9.17, 15) is 18.0 Å². The second-order valence-corrected chi connectivity index (χ2v) is 8.52. The predicted octanol–water partition coefficient (Wildman–Crippen LogP) is 5.14. The number of thiazole rings is 1. The highest BCUT2D eigenvalue weighted by Gasteiger charge is 2.35. The first kappa shape index (κ1) is 23.1. The molecule has 33 heavy (non-hydrogen) atoms. The van der Waals surface area contributed by atoms with Crippen LogP contribution >= 0.6 is 11.3 Å². The molecular formula is C23H22F3N3O3S. The van der Waals surface area contributed by atoms with Gasteiger partial charge in [0.05, 0.1) is 35.2 Å². The number of nitrogens with one attached hydrogen (secondary N) is 1. The molecule has 1 fully saturated rings. The van der Waals surface area contributed by atoms with Crippen molar-refractivity contribution in [2.24, 2.45) is 0 Å². The number of anilines is 2. The first-order valence-corrected chi connectivity index (χ1v) is 11.2. The number of rotatable bonds is 6. The molecule has 0 saturated carbocycles. The van der Waals surface area contributed by atoms with Crippen LogP contribution in [-0.2, 0) is 17.5 Å². The number of carbonyl (C=O) groups excluding carboxylic acids is 1. The molecule has 1 aliphatic rings. The molecule has 3 aromatic rings. The quantitative estimate of drug-likeness (QED) is 0.533. The van der Waals surface area contributed by atoms with Gasteiger partial charge in [-0.25, -0.2) is 4.98 Å². The molecule has 10 heteroatoms. The van der Waals surface area contributed by atoms with Crippen LogP contribution in [0.3, 0.4) is 0 Å². The maximum absolute atomic E-state index is 13.8. The number of benzene rings is 2. The van der Waals surface area contributed by atoms with Crippen molar-refractivity contribution in [2.75, 3.05) is 36.5 Å². The molecular weight excluding hydrogens is 455 g/mol. The zero-order chi connectivity index (χ0) is 23.4. The highest BCUT2D eigenvalue weighted by Crippen LogP contribution is 2.37. The number of morpholine rings is 1. The fourth-order valence-electron chi connectivity index (χ4n) is 3.45. The zero-order valence-corrected chi connectivity index (χ0v) is 18.6. The van der Waals surface area contributed by atoms with E-state index < -0.39 is 17.6 Å². The van der Waals surface area contributed by atoms with Gasteiger partial charge in [-0.3, -0.25) is 4.79 Å². The largest absolute Gasteiger partial charge is 0.487 e. The van der Waals surface area contributed by atoms with Gasteiger partial charge in [0.1, 0.15) is 12.4 Å². The summed E-state index contributed by atoms with van der Waals surface area (Å²) in [5.41, 5.74) is 0.200. The molecule has 0 spiro atoms. The Labute approximate surface area is 193 Å². The molecule has 1 aliphatic heterocycles. The Balaban J connectivity index is 1.50. The van der Waals surface area contributed by atoms with Crippen LogP contribution in [0.25, 0.3) is 0 Å². The molecule has 1 saturated heterocycles. The molecule has 6 nitrogen and oxygen atoms in total. The Hall–Kier alpha value is -3.11. The summed E-state index contributed by atoms with van der Waals surface area (Å²) in [4.78, 5) is 18.9. The Morgan fingerprint density at radius 2 is 2.00 bits per heavy atom. The molecule has 0 atom stereocenters. The summed E-state index contributed by atoms with van der Waals surface area (Å²) in [5, 5.41) is 5.20. The molecule has 0 unspecified atom stereocenters. The number of nitrogens with zero attached hydrogens (tertiary/aromatic N) is 2. The van der Waals surface area contributed by atoms with Crippen LogP contribution in [-0.4, -0.2) is 37.2 Å². The average molecular weight is 478 g/mol. The van der Waals surface area contributed by atoms with Crippen molar-refractivity contribution in [3.8, 4) is 5.75 Å². The average Bonchev–Trinajstić information content (AvgIpc) is 3.23. The molecule has 4 rings (SSSR count). The van der Waals surface area contributed by atoms with Crippen molar-refractivity contribution in [3.63, 3.8) is 0 Å². The van der Waals surface area contributed by atoms with Gasteiger partial charge in [-0.15, -0.1) is 11.3 Å². The Kier molecular flexibility index (Phi) is 6.85. The van der Waals surface area contributed by atoms with Crippen LogP contribution in [0.15, 0.2) is 47.8 Å². The monoisotopic (exact) mass is 477 g/mol. The van der Waals surface area contributed by atoms with E-state index in [2.05, 4.69) is 10.3 Å². The van der Waals surface area contributed by atoms with Gasteiger partial charge >= 0.3 is 6.18 Å². The number of ether oxygens (including phenoxy) is 2. The van der Waals surface area contributed by atoms with Gasteiger partial charge in [-0.05, 0) is 43.3 Å². The Bertz CT molecular complexity index is 1130. The standard InChI is InChI=1S/C23H22F3N3O3S/c1-15-27-17(14-33-15)13-32-19-4-2-3-16(11-19)22(30)28-21-6-5-18(12-20(21)23(24,25)26)29-7-9-31-10-8-29/h2-6,11-12,14H,7-10,13H2,1H3,(H,28,30). The van der Waals surface area contributed by atoms with E-state index in [0.29, 0.717) is 37.7 Å². The number of aromatic nitrogens is 1. The van der Waals surface area contributed by atoms with E-state index in [1.807, 2.05) is 17.2 Å². The van der Waals surface area contributed by atoms with Crippen LogP contribution in [0, 0.1) is 6.92 Å². The highest BCUT2D eigenvalue weighted by molar-refractivity contribution is 7.09. The number of halogens is 3. The van der Waals surface area contributed by atoms with Crippen LogP contribution < -0.4 is 15.0 Å². The number of hydrogen-bond donors (Lipinski definition) is 1. The Morgan fingerprint density at radius 1 is 1.21 bits per heavy atom. The summed E-state index contributed by atoms with van der Waals surface area (Å²) in [6.07, 6.45) is -4.62. The zero-order valence-electron chi connectivity index (χ0n) is 17.8. The Morgan fingerprint density at radius 3 is 2.70 bits per heavy atom. The SMILES string of the molecule is Cc1nc(COc2cccc(C(=O)Nc3ccc(N4CCOCC4)cc3C(F)(F)F)c2)cs1. The molecule has 0 bridgehead atoms. The maximum atomic E-state index is 13.8. The van der Waals surface area contributed by atoms with E-state index >= 15 is 0 Å². The number of hydrogen-bond acceptors (Lipinski definition) is 6. The fraction of sp³-hybridized carbons (Fsp3) is 0.304. The second-order valence-electron chi connectivity index (χ2n) is 7.46. The van der Waals surface area contributed by atoms with Crippen LogP contribution in [0.4, 0.5) is 24.5 Å². The highest BCUT2D eigenvalue weighted by atomic mass is 32.1. The lowest BCUT2D eigenvalue weighted by Crippen LogP contribution is -2.36. The van der Waals surface area contributed by atoms with Crippen molar-refractivity contribution in [1.29, 1.82) is 0 Å². The number of alkyl halides is 3. The molecule has 0 aliphatic carbocycles. The van der Waals surface area contributed by atoms with E-state index in [1.165, 1.54) is 29.5 Å². The summed E-state index contributed by atoms with van der Waals surface area (Å²) < 4.78 is 52.2. The number of aryl methyl sites for hydroxylation is 1. The van der Waals surface area contributed by atoms with Gasteiger partial charge in [0.25, 0.3) is 5.91 Å². The van der Waals surface area contributed by atoms with Gasteiger partial charge in [0.15, 0.2) is 0 Å².